The van der Waals surface area contributed by atoms with Crippen LogP contribution in [0.1, 0.15) is 31.4 Å². The van der Waals surface area contributed by atoms with Crippen LogP contribution in [0.4, 0.5) is 4.39 Å². The minimum absolute atomic E-state index is 0.166. The van der Waals surface area contributed by atoms with Gasteiger partial charge in [0.15, 0.2) is 0 Å². The van der Waals surface area contributed by atoms with Crippen LogP contribution in [0.15, 0.2) is 24.3 Å². The van der Waals surface area contributed by atoms with Crippen molar-refractivity contribution in [2.75, 3.05) is 13.2 Å². The first kappa shape index (κ1) is 11.6. The van der Waals surface area contributed by atoms with Crippen LogP contribution in [0.2, 0.25) is 0 Å². The number of benzene rings is 1. The van der Waals surface area contributed by atoms with E-state index in [1.165, 1.54) is 6.07 Å². The molecule has 0 aromatic heterocycles. The third-order valence-electron chi connectivity index (χ3n) is 3.03. The molecule has 0 bridgehead atoms. The zero-order chi connectivity index (χ0) is 11.4. The summed E-state index contributed by atoms with van der Waals surface area (Å²) in [6.07, 6.45) is 2.01. The lowest BCUT2D eigenvalue weighted by Gasteiger charge is -2.21. The van der Waals surface area contributed by atoms with Crippen LogP contribution < -0.4 is 5.32 Å². The molecule has 2 atom stereocenters. The van der Waals surface area contributed by atoms with Gasteiger partial charge in [-0.2, -0.15) is 0 Å². The zero-order valence-electron chi connectivity index (χ0n) is 9.58. The molecule has 1 aliphatic rings. The minimum atomic E-state index is -0.166. The molecule has 2 nitrogen and oxygen atoms in total. The summed E-state index contributed by atoms with van der Waals surface area (Å²) in [7, 11) is 0. The Kier molecular flexibility index (Phi) is 3.91. The monoisotopic (exact) mass is 223 g/mol. The van der Waals surface area contributed by atoms with E-state index in [1.807, 2.05) is 6.07 Å². The highest BCUT2D eigenvalue weighted by Crippen LogP contribution is 2.19. The van der Waals surface area contributed by atoms with Gasteiger partial charge in [0.2, 0.25) is 0 Å². The summed E-state index contributed by atoms with van der Waals surface area (Å²) < 4.78 is 18.5. The van der Waals surface area contributed by atoms with Crippen LogP contribution >= 0.6 is 0 Å². The van der Waals surface area contributed by atoms with Crippen molar-refractivity contribution in [1.29, 1.82) is 0 Å². The van der Waals surface area contributed by atoms with Crippen molar-refractivity contribution < 1.29 is 9.13 Å². The summed E-state index contributed by atoms with van der Waals surface area (Å²) in [6.45, 7) is 3.71. The molecule has 1 fully saturated rings. The Morgan fingerprint density at radius 3 is 3.06 bits per heavy atom. The van der Waals surface area contributed by atoms with Gasteiger partial charge in [0, 0.05) is 18.7 Å². The molecule has 2 rings (SSSR count). The van der Waals surface area contributed by atoms with E-state index in [0.29, 0.717) is 6.04 Å². The van der Waals surface area contributed by atoms with Crippen LogP contribution in [0.5, 0.6) is 0 Å². The molecule has 0 saturated carbocycles. The average Bonchev–Trinajstić information content (AvgIpc) is 2.78. The molecule has 3 heteroatoms. The van der Waals surface area contributed by atoms with E-state index in [9.17, 15) is 4.39 Å². The number of rotatable bonds is 4. The molecule has 1 N–H and O–H groups in total. The highest BCUT2D eigenvalue weighted by atomic mass is 19.1. The van der Waals surface area contributed by atoms with Crippen LogP contribution in [0.3, 0.4) is 0 Å². The molecule has 1 heterocycles. The Bertz CT molecular complexity index is 336. The van der Waals surface area contributed by atoms with E-state index >= 15 is 0 Å². The third kappa shape index (κ3) is 2.80. The fraction of sp³-hybridized carbons (Fsp3) is 0.538. The minimum Gasteiger partial charge on any atom is -0.380 e. The first-order valence-corrected chi connectivity index (χ1v) is 5.89. The molecule has 0 aliphatic carbocycles. The molecule has 1 aromatic rings. The molecule has 0 spiro atoms. The van der Waals surface area contributed by atoms with Gasteiger partial charge in [-0.15, -0.1) is 0 Å². The van der Waals surface area contributed by atoms with Gasteiger partial charge in [-0.25, -0.2) is 4.39 Å². The summed E-state index contributed by atoms with van der Waals surface area (Å²) in [5.74, 6) is -0.166. The molecular weight excluding hydrogens is 205 g/mol. The Labute approximate surface area is 95.8 Å². The lowest BCUT2D eigenvalue weighted by atomic mass is 10.0. The quantitative estimate of drug-likeness (QED) is 0.847. The van der Waals surface area contributed by atoms with E-state index in [1.54, 1.807) is 12.1 Å². The predicted molar refractivity (Wildman–Crippen MR) is 61.8 cm³/mol. The maximum absolute atomic E-state index is 13.1. The Hall–Kier alpha value is -0.930. The van der Waals surface area contributed by atoms with Gasteiger partial charge in [0.05, 0.1) is 6.61 Å². The fourth-order valence-corrected chi connectivity index (χ4v) is 2.12. The summed E-state index contributed by atoms with van der Waals surface area (Å²) >= 11 is 0. The maximum Gasteiger partial charge on any atom is 0.123 e. The van der Waals surface area contributed by atoms with Crippen LogP contribution in [0, 0.1) is 5.82 Å². The molecule has 2 unspecified atom stereocenters. The summed E-state index contributed by atoms with van der Waals surface area (Å²) in [5, 5.41) is 3.52. The highest BCUT2D eigenvalue weighted by Gasteiger charge is 2.19. The van der Waals surface area contributed by atoms with Gasteiger partial charge in [0.25, 0.3) is 0 Å². The molecule has 1 aliphatic heterocycles. The first-order valence-electron chi connectivity index (χ1n) is 5.89. The number of hydrogen-bond acceptors (Lipinski definition) is 2. The van der Waals surface area contributed by atoms with Gasteiger partial charge in [-0.1, -0.05) is 19.1 Å². The predicted octanol–water partition coefficient (Wildman–Crippen LogP) is 2.66. The number of hydrogen-bond donors (Lipinski definition) is 1. The molecule has 0 radical (unpaired) electrons. The molecule has 0 amide bonds. The van der Waals surface area contributed by atoms with E-state index < -0.39 is 0 Å². The lowest BCUT2D eigenvalue weighted by Crippen LogP contribution is -2.32. The van der Waals surface area contributed by atoms with Gasteiger partial charge < -0.3 is 10.1 Å². The van der Waals surface area contributed by atoms with E-state index in [4.69, 9.17) is 4.74 Å². The van der Waals surface area contributed by atoms with Gasteiger partial charge >= 0.3 is 0 Å². The van der Waals surface area contributed by atoms with Crippen molar-refractivity contribution in [3.05, 3.63) is 35.6 Å². The van der Waals surface area contributed by atoms with Crippen molar-refractivity contribution in [1.82, 2.24) is 5.32 Å². The summed E-state index contributed by atoms with van der Waals surface area (Å²) in [6, 6.07) is 7.46. The fourth-order valence-electron chi connectivity index (χ4n) is 2.12. The average molecular weight is 223 g/mol. The van der Waals surface area contributed by atoms with E-state index in [-0.39, 0.29) is 11.9 Å². The topological polar surface area (TPSA) is 21.3 Å². The third-order valence-corrected chi connectivity index (χ3v) is 3.03. The standard InChI is InChI=1S/C13H18FNO/c1-2-13(15-12-6-7-16-9-12)10-4-3-5-11(14)8-10/h3-5,8,12-13,15H,2,6-7,9H2,1H3. The van der Waals surface area contributed by atoms with Crippen LogP contribution in [-0.4, -0.2) is 19.3 Å². The number of halogens is 1. The number of nitrogens with one attached hydrogen (secondary N) is 1. The molecule has 1 saturated heterocycles. The van der Waals surface area contributed by atoms with Crippen LogP contribution in [0.25, 0.3) is 0 Å². The van der Waals surface area contributed by atoms with Gasteiger partial charge in [-0.3, -0.25) is 0 Å². The molecular formula is C13H18FNO. The Balaban J connectivity index is 2.03. The summed E-state index contributed by atoms with van der Waals surface area (Å²) in [4.78, 5) is 0. The summed E-state index contributed by atoms with van der Waals surface area (Å²) in [5.41, 5.74) is 1.02. The Morgan fingerprint density at radius 1 is 1.56 bits per heavy atom. The van der Waals surface area contributed by atoms with E-state index in [0.717, 1.165) is 31.6 Å². The van der Waals surface area contributed by atoms with Crippen molar-refractivity contribution in [2.24, 2.45) is 0 Å². The van der Waals surface area contributed by atoms with Crippen molar-refractivity contribution >= 4 is 0 Å². The maximum atomic E-state index is 13.1. The Morgan fingerprint density at radius 2 is 2.44 bits per heavy atom. The molecule has 16 heavy (non-hydrogen) atoms. The van der Waals surface area contributed by atoms with Gasteiger partial charge in [-0.05, 0) is 30.5 Å². The van der Waals surface area contributed by atoms with Crippen LogP contribution in [-0.2, 0) is 4.74 Å². The molecule has 1 aromatic carbocycles. The van der Waals surface area contributed by atoms with Crippen molar-refractivity contribution in [2.45, 2.75) is 31.8 Å². The smallest absolute Gasteiger partial charge is 0.123 e. The second-order valence-corrected chi connectivity index (χ2v) is 4.24. The van der Waals surface area contributed by atoms with Crippen molar-refractivity contribution in [3.8, 4) is 0 Å². The normalized spacial score (nSPS) is 22.2. The number of ether oxygens (including phenoxy) is 1. The van der Waals surface area contributed by atoms with E-state index in [2.05, 4.69) is 12.2 Å². The van der Waals surface area contributed by atoms with Crippen molar-refractivity contribution in [3.63, 3.8) is 0 Å². The van der Waals surface area contributed by atoms with Gasteiger partial charge in [0.1, 0.15) is 5.82 Å². The second kappa shape index (κ2) is 5.41. The molecule has 88 valence electrons. The zero-order valence-corrected chi connectivity index (χ0v) is 9.58. The highest BCUT2D eigenvalue weighted by molar-refractivity contribution is 5.20. The lowest BCUT2D eigenvalue weighted by molar-refractivity contribution is 0.187. The first-order chi connectivity index (χ1) is 7.79. The largest absolute Gasteiger partial charge is 0.380 e. The second-order valence-electron chi connectivity index (χ2n) is 4.24. The SMILES string of the molecule is CCC(NC1CCOC1)c1cccc(F)c1.